The van der Waals surface area contributed by atoms with Crippen molar-refractivity contribution in [2.24, 2.45) is 52.3 Å². The molecule has 0 radical (unpaired) electrons. The van der Waals surface area contributed by atoms with Crippen molar-refractivity contribution in [2.45, 2.75) is 116 Å². The molecule has 0 aromatic heterocycles. The number of aliphatic hydroxyl groups excluding tert-OH is 1. The largest absolute Gasteiger partial charge is 0.375 e. The fourth-order valence-electron chi connectivity index (χ4n) is 10.2. The number of ether oxygens (including phenoxy) is 1. The number of aliphatic hydroxyl groups is 1. The van der Waals surface area contributed by atoms with Crippen molar-refractivity contribution in [3.05, 3.63) is 0 Å². The highest BCUT2D eigenvalue weighted by Gasteiger charge is 2.65. The molecule has 0 aromatic rings. The van der Waals surface area contributed by atoms with Crippen LogP contribution in [-0.4, -0.2) is 35.7 Å². The summed E-state index contributed by atoms with van der Waals surface area (Å²) in [5, 5.41) is 9.89. The Hall–Kier alpha value is -0.170. The van der Waals surface area contributed by atoms with Gasteiger partial charge in [-0.25, -0.2) is 0 Å². The minimum Gasteiger partial charge on any atom is -0.375 e. The Kier molecular flexibility index (Phi) is 6.28. The molecular weight excluding hydrogens is 436 g/mol. The van der Waals surface area contributed by atoms with E-state index in [0.29, 0.717) is 35.2 Å². The number of hydrogen-bond acceptors (Lipinski definition) is 4. The first-order chi connectivity index (χ1) is 15.5. The SMILES string of the molecule is CC(CCC1O[C@H]2C[C@H]3[C@@H]4CCC5CCCC[C@]5(C)[C@H]4CC[C@]3(C)[C@H]2[C@@H]1C)C(O)S(=O)(=O)O. The van der Waals surface area contributed by atoms with E-state index in [4.69, 9.17) is 4.74 Å². The summed E-state index contributed by atoms with van der Waals surface area (Å²) in [6, 6.07) is 0. The molecule has 1 saturated heterocycles. The van der Waals surface area contributed by atoms with Crippen molar-refractivity contribution in [1.29, 1.82) is 0 Å². The Morgan fingerprint density at radius 1 is 1.03 bits per heavy atom. The van der Waals surface area contributed by atoms with Crippen LogP contribution in [-0.2, 0) is 14.9 Å². The molecule has 2 N–H and O–H groups in total. The smallest absolute Gasteiger partial charge is 0.292 e. The van der Waals surface area contributed by atoms with E-state index in [2.05, 4.69) is 20.8 Å². The second-order valence-corrected chi connectivity index (χ2v) is 14.8. The predicted octanol–water partition coefficient (Wildman–Crippen LogP) is 5.67. The summed E-state index contributed by atoms with van der Waals surface area (Å²) in [4.78, 5) is 0. The lowest BCUT2D eigenvalue weighted by Crippen LogP contribution is -2.53. The molecule has 0 spiro atoms. The minimum atomic E-state index is -4.41. The molecule has 1 heterocycles. The zero-order chi connectivity index (χ0) is 23.8. The van der Waals surface area contributed by atoms with Gasteiger partial charge >= 0.3 is 0 Å². The lowest BCUT2D eigenvalue weighted by Gasteiger charge is -2.60. The fourth-order valence-corrected chi connectivity index (χ4v) is 10.9. The van der Waals surface area contributed by atoms with Crippen LogP contribution in [0.2, 0.25) is 0 Å². The number of fused-ring (bicyclic) bond motifs is 7. The zero-order valence-corrected chi connectivity index (χ0v) is 21.9. The van der Waals surface area contributed by atoms with Crippen molar-refractivity contribution in [2.75, 3.05) is 0 Å². The van der Waals surface area contributed by atoms with Crippen molar-refractivity contribution in [3.63, 3.8) is 0 Å². The van der Waals surface area contributed by atoms with E-state index in [0.717, 1.165) is 30.1 Å². The second kappa shape index (κ2) is 8.45. The molecule has 0 aromatic carbocycles. The molecule has 0 bridgehead atoms. The lowest BCUT2D eigenvalue weighted by molar-refractivity contribution is -0.115. The molecule has 4 unspecified atom stereocenters. The zero-order valence-electron chi connectivity index (χ0n) is 21.1. The summed E-state index contributed by atoms with van der Waals surface area (Å²) < 4.78 is 38.4. The first-order valence-electron chi connectivity index (χ1n) is 13.8. The molecule has 4 aliphatic carbocycles. The Balaban J connectivity index is 1.27. The summed E-state index contributed by atoms with van der Waals surface area (Å²) in [5.41, 5.74) is -0.779. The third kappa shape index (κ3) is 3.84. The summed E-state index contributed by atoms with van der Waals surface area (Å²) in [5.74, 6) is 4.06. The molecule has 5 nitrogen and oxygen atoms in total. The lowest BCUT2D eigenvalue weighted by atomic mass is 9.44. The third-order valence-electron chi connectivity index (χ3n) is 11.9. The highest BCUT2D eigenvalue weighted by Crippen LogP contribution is 2.70. The first kappa shape index (κ1) is 24.5. The number of rotatable bonds is 5. The molecule has 190 valence electrons. The van der Waals surface area contributed by atoms with Gasteiger partial charge in [-0.1, -0.05) is 40.5 Å². The molecule has 6 heteroatoms. The molecular formula is C27H46O5S. The summed E-state index contributed by atoms with van der Waals surface area (Å²) in [7, 11) is -4.41. The van der Waals surface area contributed by atoms with Crippen molar-refractivity contribution in [3.8, 4) is 0 Å². The van der Waals surface area contributed by atoms with Crippen LogP contribution in [0.25, 0.3) is 0 Å². The molecule has 0 amide bonds. The van der Waals surface area contributed by atoms with Crippen molar-refractivity contribution in [1.82, 2.24) is 0 Å². The van der Waals surface area contributed by atoms with Crippen molar-refractivity contribution >= 4 is 10.1 Å². The van der Waals surface area contributed by atoms with Gasteiger partial charge in [0.25, 0.3) is 10.1 Å². The third-order valence-corrected chi connectivity index (χ3v) is 12.9. The average Bonchev–Trinajstić information content (AvgIpc) is 3.23. The van der Waals surface area contributed by atoms with E-state index in [1.165, 1.54) is 57.8 Å². The van der Waals surface area contributed by atoms with Crippen LogP contribution in [0.15, 0.2) is 0 Å². The Labute approximate surface area is 201 Å². The van der Waals surface area contributed by atoms with E-state index in [1.807, 2.05) is 0 Å². The minimum absolute atomic E-state index is 0.123. The van der Waals surface area contributed by atoms with Gasteiger partial charge in [0.05, 0.1) is 12.2 Å². The first-order valence-corrected chi connectivity index (χ1v) is 15.3. The van der Waals surface area contributed by atoms with Gasteiger partial charge in [0.1, 0.15) is 0 Å². The van der Waals surface area contributed by atoms with Gasteiger partial charge in [0, 0.05) is 0 Å². The number of hydrogen-bond donors (Lipinski definition) is 2. The van der Waals surface area contributed by atoms with Gasteiger partial charge < -0.3 is 9.84 Å². The van der Waals surface area contributed by atoms with Gasteiger partial charge in [-0.3, -0.25) is 4.55 Å². The van der Waals surface area contributed by atoms with Crippen LogP contribution in [0, 0.1) is 52.3 Å². The molecule has 4 saturated carbocycles. The second-order valence-electron chi connectivity index (χ2n) is 13.2. The average molecular weight is 483 g/mol. The van der Waals surface area contributed by atoms with Crippen LogP contribution in [0.3, 0.4) is 0 Å². The maximum atomic E-state index is 11.3. The predicted molar refractivity (Wildman–Crippen MR) is 129 cm³/mol. The standard InChI is InChI=1S/C27H46O5S/c1-16(25(28)33(29,30)31)8-11-22-17(2)24-23(32-22)15-21-19-10-9-18-7-5-6-13-26(18,3)20(19)12-14-27(21,24)4/h16-25,28H,5-15H2,1-4H3,(H,29,30,31)/t16?,17-,18?,19-,20+,21+,22?,23+,24+,25?,26+,27+/m1/s1. The molecule has 5 fully saturated rings. The Morgan fingerprint density at radius 2 is 1.79 bits per heavy atom. The van der Waals surface area contributed by atoms with E-state index in [1.54, 1.807) is 6.92 Å². The summed E-state index contributed by atoms with van der Waals surface area (Å²) >= 11 is 0. The van der Waals surface area contributed by atoms with Crippen molar-refractivity contribution < 1.29 is 22.8 Å². The van der Waals surface area contributed by atoms with E-state index < -0.39 is 21.5 Å². The highest BCUT2D eigenvalue weighted by molar-refractivity contribution is 7.86. The summed E-state index contributed by atoms with van der Waals surface area (Å²) in [6.45, 7) is 9.25. The van der Waals surface area contributed by atoms with E-state index >= 15 is 0 Å². The molecule has 12 atom stereocenters. The molecule has 5 rings (SSSR count). The molecule has 5 aliphatic rings. The summed E-state index contributed by atoms with van der Waals surface area (Å²) in [6.07, 6.45) is 14.3. The highest BCUT2D eigenvalue weighted by atomic mass is 32.2. The monoisotopic (exact) mass is 482 g/mol. The normalized spacial score (nSPS) is 51.2. The van der Waals surface area contributed by atoms with Gasteiger partial charge in [0.15, 0.2) is 5.44 Å². The van der Waals surface area contributed by atoms with Crippen LogP contribution >= 0.6 is 0 Å². The van der Waals surface area contributed by atoms with Crippen LogP contribution in [0.1, 0.15) is 98.3 Å². The maximum Gasteiger partial charge on any atom is 0.292 e. The van der Waals surface area contributed by atoms with E-state index in [9.17, 15) is 18.1 Å². The fraction of sp³-hybridized carbons (Fsp3) is 1.00. The van der Waals surface area contributed by atoms with Gasteiger partial charge in [-0.05, 0) is 110 Å². The van der Waals surface area contributed by atoms with Gasteiger partial charge in [-0.2, -0.15) is 8.42 Å². The van der Waals surface area contributed by atoms with E-state index in [-0.39, 0.29) is 6.10 Å². The molecule has 1 aliphatic heterocycles. The maximum absolute atomic E-state index is 11.3. The van der Waals surface area contributed by atoms with Crippen LogP contribution < -0.4 is 0 Å². The molecule has 33 heavy (non-hydrogen) atoms. The quantitative estimate of drug-likeness (QED) is 0.493. The van der Waals surface area contributed by atoms with Crippen LogP contribution in [0.4, 0.5) is 0 Å². The topological polar surface area (TPSA) is 83.8 Å². The Morgan fingerprint density at radius 3 is 2.52 bits per heavy atom. The van der Waals surface area contributed by atoms with Crippen LogP contribution in [0.5, 0.6) is 0 Å². The van der Waals surface area contributed by atoms with Gasteiger partial charge in [-0.15, -0.1) is 0 Å². The van der Waals surface area contributed by atoms with Gasteiger partial charge in [0.2, 0.25) is 0 Å². The Bertz CT molecular complexity index is 843.